The van der Waals surface area contributed by atoms with Gasteiger partial charge in [0, 0.05) is 19.2 Å². The Morgan fingerprint density at radius 1 is 1.17 bits per heavy atom. The second-order valence-electron chi connectivity index (χ2n) is 5.96. The smallest absolute Gasteiger partial charge is 0.311 e. The molecule has 5 nitrogen and oxygen atoms in total. The number of aliphatic carboxylic acids is 1. The van der Waals surface area contributed by atoms with Crippen LogP contribution < -0.4 is 0 Å². The third-order valence-electron chi connectivity index (χ3n) is 3.98. The van der Waals surface area contributed by atoms with Crippen molar-refractivity contribution in [3.05, 3.63) is 59.0 Å². The van der Waals surface area contributed by atoms with E-state index < -0.39 is 5.97 Å². The molecule has 0 saturated carbocycles. The van der Waals surface area contributed by atoms with E-state index in [1.807, 2.05) is 18.2 Å². The second-order valence-corrected chi connectivity index (χ2v) is 5.96. The summed E-state index contributed by atoms with van der Waals surface area (Å²) in [6.07, 6.45) is 4.03. The molecule has 2 rings (SSSR count). The van der Waals surface area contributed by atoms with Crippen LogP contribution in [-0.4, -0.2) is 35.5 Å². The summed E-state index contributed by atoms with van der Waals surface area (Å²) in [6.45, 7) is 2.38. The Kier molecular flexibility index (Phi) is 6.18. The zero-order chi connectivity index (χ0) is 17.5. The zero-order valence-corrected chi connectivity index (χ0v) is 14.1. The molecule has 0 aliphatic heterocycles. The van der Waals surface area contributed by atoms with E-state index in [2.05, 4.69) is 12.1 Å². The molecule has 1 aromatic heterocycles. The fourth-order valence-corrected chi connectivity index (χ4v) is 2.67. The maximum absolute atomic E-state index is 12.6. The Labute approximate surface area is 141 Å². The largest absolute Gasteiger partial charge is 0.481 e. The molecule has 0 aliphatic carbocycles. The van der Waals surface area contributed by atoms with Gasteiger partial charge in [0.25, 0.3) is 5.91 Å². The van der Waals surface area contributed by atoms with Crippen molar-refractivity contribution in [3.63, 3.8) is 0 Å². The van der Waals surface area contributed by atoms with Crippen molar-refractivity contribution in [2.75, 3.05) is 13.6 Å². The third kappa shape index (κ3) is 4.72. The quantitative estimate of drug-likeness (QED) is 0.754. The number of amides is 1. The molecule has 0 radical (unpaired) electrons. The molecule has 128 valence electrons. The van der Waals surface area contributed by atoms with E-state index >= 15 is 0 Å². The van der Waals surface area contributed by atoms with Gasteiger partial charge >= 0.3 is 5.97 Å². The standard InChI is InChI=1S/C19H23NO4/c1-14-13-24-16(12-17(21)22)18(14)19(23)20(2)11-7-6-10-15-8-4-3-5-9-15/h3-5,8-9,13H,6-7,10-12H2,1-2H3,(H,21,22). The molecule has 1 N–H and O–H groups in total. The molecule has 0 unspecified atom stereocenters. The maximum atomic E-state index is 12.6. The summed E-state index contributed by atoms with van der Waals surface area (Å²) in [4.78, 5) is 25.1. The molecule has 1 amide bonds. The Morgan fingerprint density at radius 3 is 2.54 bits per heavy atom. The van der Waals surface area contributed by atoms with Crippen LogP contribution in [0.4, 0.5) is 0 Å². The van der Waals surface area contributed by atoms with Gasteiger partial charge in [-0.3, -0.25) is 9.59 Å². The molecule has 0 bridgehead atoms. The second kappa shape index (κ2) is 8.34. The summed E-state index contributed by atoms with van der Waals surface area (Å²) >= 11 is 0. The summed E-state index contributed by atoms with van der Waals surface area (Å²) in [7, 11) is 1.74. The molecular formula is C19H23NO4. The van der Waals surface area contributed by atoms with Gasteiger partial charge in [-0.2, -0.15) is 0 Å². The average molecular weight is 329 g/mol. The van der Waals surface area contributed by atoms with Crippen LogP contribution in [0.25, 0.3) is 0 Å². The van der Waals surface area contributed by atoms with Gasteiger partial charge in [-0.05, 0) is 31.7 Å². The SMILES string of the molecule is Cc1coc(CC(=O)O)c1C(=O)N(C)CCCCc1ccccc1. The van der Waals surface area contributed by atoms with E-state index in [9.17, 15) is 9.59 Å². The van der Waals surface area contributed by atoms with Gasteiger partial charge in [0.15, 0.2) is 0 Å². The van der Waals surface area contributed by atoms with Crippen LogP contribution in [0.1, 0.15) is 40.1 Å². The first-order valence-electron chi connectivity index (χ1n) is 8.07. The van der Waals surface area contributed by atoms with Crippen LogP contribution in [0, 0.1) is 6.92 Å². The number of benzene rings is 1. The van der Waals surface area contributed by atoms with Gasteiger partial charge in [-0.15, -0.1) is 0 Å². The first-order valence-corrected chi connectivity index (χ1v) is 8.07. The molecule has 24 heavy (non-hydrogen) atoms. The Hall–Kier alpha value is -2.56. The first kappa shape index (κ1) is 17.8. The van der Waals surface area contributed by atoms with Crippen molar-refractivity contribution in [1.29, 1.82) is 0 Å². The molecule has 0 saturated heterocycles. The number of aryl methyl sites for hydroxylation is 2. The van der Waals surface area contributed by atoms with Crippen LogP contribution in [0.3, 0.4) is 0 Å². The Balaban J connectivity index is 1.88. The molecule has 5 heteroatoms. The van der Waals surface area contributed by atoms with Crippen LogP contribution in [-0.2, 0) is 17.6 Å². The number of carboxylic acid groups (broad SMARTS) is 1. The number of unbranched alkanes of at least 4 members (excludes halogenated alkanes) is 1. The number of hydrogen-bond acceptors (Lipinski definition) is 3. The van der Waals surface area contributed by atoms with Gasteiger partial charge in [-0.1, -0.05) is 30.3 Å². The monoisotopic (exact) mass is 329 g/mol. The number of furan rings is 1. The van der Waals surface area contributed by atoms with Gasteiger partial charge in [-0.25, -0.2) is 0 Å². The Bertz CT molecular complexity index is 691. The van der Waals surface area contributed by atoms with Crippen LogP contribution in [0.15, 0.2) is 41.0 Å². The van der Waals surface area contributed by atoms with Crippen LogP contribution in [0.2, 0.25) is 0 Å². The molecule has 0 atom stereocenters. The Morgan fingerprint density at radius 2 is 1.88 bits per heavy atom. The lowest BCUT2D eigenvalue weighted by Gasteiger charge is -2.17. The lowest BCUT2D eigenvalue weighted by molar-refractivity contribution is -0.136. The molecule has 2 aromatic rings. The predicted octanol–water partition coefficient (Wildman–Crippen LogP) is 3.31. The number of carbonyl (C=O) groups is 2. The molecule has 0 aliphatic rings. The number of nitrogens with zero attached hydrogens (tertiary/aromatic N) is 1. The summed E-state index contributed by atoms with van der Waals surface area (Å²) in [5, 5.41) is 8.92. The third-order valence-corrected chi connectivity index (χ3v) is 3.98. The van der Waals surface area contributed by atoms with Gasteiger partial charge < -0.3 is 14.4 Å². The van der Waals surface area contributed by atoms with Gasteiger partial charge in [0.1, 0.15) is 12.2 Å². The first-order chi connectivity index (χ1) is 11.5. The predicted molar refractivity (Wildman–Crippen MR) is 91.1 cm³/mol. The molecule has 1 aromatic carbocycles. The van der Waals surface area contributed by atoms with E-state index in [0.29, 0.717) is 17.7 Å². The normalized spacial score (nSPS) is 10.6. The fourth-order valence-electron chi connectivity index (χ4n) is 2.67. The number of rotatable bonds is 8. The number of carboxylic acids is 1. The average Bonchev–Trinajstić information content (AvgIpc) is 2.91. The summed E-state index contributed by atoms with van der Waals surface area (Å²) in [5.41, 5.74) is 2.34. The number of hydrogen-bond donors (Lipinski definition) is 1. The highest BCUT2D eigenvalue weighted by Gasteiger charge is 2.22. The van der Waals surface area contributed by atoms with Crippen LogP contribution in [0.5, 0.6) is 0 Å². The minimum Gasteiger partial charge on any atom is -0.481 e. The highest BCUT2D eigenvalue weighted by atomic mass is 16.4. The van der Waals surface area contributed by atoms with Crippen molar-refractivity contribution in [3.8, 4) is 0 Å². The highest BCUT2D eigenvalue weighted by Crippen LogP contribution is 2.19. The minimum absolute atomic E-state index is 0.183. The zero-order valence-electron chi connectivity index (χ0n) is 14.1. The van der Waals surface area contributed by atoms with E-state index in [1.165, 1.54) is 11.8 Å². The molecule has 0 spiro atoms. The van der Waals surface area contributed by atoms with Crippen molar-refractivity contribution < 1.29 is 19.1 Å². The fraction of sp³-hybridized carbons (Fsp3) is 0.368. The van der Waals surface area contributed by atoms with Crippen molar-refractivity contribution in [2.24, 2.45) is 0 Å². The van der Waals surface area contributed by atoms with Crippen molar-refractivity contribution in [2.45, 2.75) is 32.6 Å². The van der Waals surface area contributed by atoms with E-state index in [1.54, 1.807) is 18.9 Å². The molecular weight excluding hydrogens is 306 g/mol. The van der Waals surface area contributed by atoms with E-state index in [-0.39, 0.29) is 18.1 Å². The molecule has 1 heterocycles. The minimum atomic E-state index is -1.01. The van der Waals surface area contributed by atoms with E-state index in [0.717, 1.165) is 19.3 Å². The lowest BCUT2D eigenvalue weighted by Crippen LogP contribution is -2.29. The van der Waals surface area contributed by atoms with Gasteiger partial charge in [0.05, 0.1) is 11.8 Å². The maximum Gasteiger partial charge on any atom is 0.311 e. The summed E-state index contributed by atoms with van der Waals surface area (Å²) in [6, 6.07) is 10.2. The van der Waals surface area contributed by atoms with Crippen molar-refractivity contribution >= 4 is 11.9 Å². The molecule has 0 fully saturated rings. The topological polar surface area (TPSA) is 70.7 Å². The van der Waals surface area contributed by atoms with Gasteiger partial charge in [0.2, 0.25) is 0 Å². The lowest BCUT2D eigenvalue weighted by atomic mass is 10.1. The number of carbonyl (C=O) groups excluding carboxylic acids is 1. The highest BCUT2D eigenvalue weighted by molar-refractivity contribution is 5.97. The van der Waals surface area contributed by atoms with Crippen molar-refractivity contribution in [1.82, 2.24) is 4.90 Å². The summed E-state index contributed by atoms with van der Waals surface area (Å²) in [5.74, 6) is -0.970. The van der Waals surface area contributed by atoms with Crippen LogP contribution >= 0.6 is 0 Å². The van der Waals surface area contributed by atoms with E-state index in [4.69, 9.17) is 9.52 Å². The summed E-state index contributed by atoms with van der Waals surface area (Å²) < 4.78 is 5.23.